The van der Waals surface area contributed by atoms with Gasteiger partial charge in [0, 0.05) is 14.1 Å². The zero-order valence-electron chi connectivity index (χ0n) is 15.0. The van der Waals surface area contributed by atoms with Crippen LogP contribution in [0.25, 0.3) is 0 Å². The van der Waals surface area contributed by atoms with Gasteiger partial charge >= 0.3 is 0 Å². The van der Waals surface area contributed by atoms with Crippen molar-refractivity contribution in [1.82, 2.24) is 4.98 Å². The average molecular weight is 343 g/mol. The Labute approximate surface area is 153 Å². The van der Waals surface area contributed by atoms with E-state index in [1.54, 1.807) is 0 Å². The lowest BCUT2D eigenvalue weighted by atomic mass is 10.2. The van der Waals surface area contributed by atoms with E-state index in [2.05, 4.69) is 100 Å². The van der Waals surface area contributed by atoms with Crippen LogP contribution in [0.5, 0.6) is 0 Å². The number of rotatable bonds is 2. The maximum absolute atomic E-state index is 5.00. The van der Waals surface area contributed by atoms with Crippen LogP contribution in [-0.2, 0) is 0 Å². The third-order valence-electron chi connectivity index (χ3n) is 5.15. The van der Waals surface area contributed by atoms with E-state index in [-0.39, 0.29) is 0 Å². The second-order valence-corrected chi connectivity index (χ2v) is 6.87. The molecule has 0 atom stereocenters. The highest BCUT2D eigenvalue weighted by atomic mass is 15.4. The van der Waals surface area contributed by atoms with E-state index in [1.165, 1.54) is 22.7 Å². The zero-order valence-corrected chi connectivity index (χ0v) is 15.0. The van der Waals surface area contributed by atoms with Gasteiger partial charge in [-0.25, -0.2) is 4.98 Å². The third-order valence-corrected chi connectivity index (χ3v) is 5.15. The van der Waals surface area contributed by atoms with Gasteiger partial charge in [-0.3, -0.25) is 0 Å². The number of hydrogen-bond donors (Lipinski definition) is 0. The minimum Gasteiger partial charge on any atom is -0.355 e. The molecule has 2 aliphatic rings. The molecule has 26 heavy (non-hydrogen) atoms. The molecule has 0 radical (unpaired) electrons. The van der Waals surface area contributed by atoms with Crippen LogP contribution >= 0.6 is 0 Å². The Hall–Kier alpha value is -3.21. The van der Waals surface area contributed by atoms with Gasteiger partial charge in [-0.1, -0.05) is 30.3 Å². The molecule has 0 amide bonds. The molecule has 130 valence electrons. The number of para-hydroxylation sites is 4. The normalized spacial score (nSPS) is 15.5. The van der Waals surface area contributed by atoms with Crippen molar-refractivity contribution in [3.8, 4) is 0 Å². The molecule has 1 aromatic heterocycles. The molecule has 0 saturated heterocycles. The van der Waals surface area contributed by atoms with Crippen LogP contribution in [0.15, 0.2) is 66.7 Å². The van der Waals surface area contributed by atoms with Crippen molar-refractivity contribution in [1.29, 1.82) is 0 Å². The number of fused-ring (bicyclic) bond motifs is 2. The number of hydrogen-bond acceptors (Lipinski definition) is 5. The first-order valence-electron chi connectivity index (χ1n) is 8.85. The van der Waals surface area contributed by atoms with Gasteiger partial charge in [0.1, 0.15) is 11.6 Å². The van der Waals surface area contributed by atoms with Crippen LogP contribution in [0.1, 0.15) is 0 Å². The monoisotopic (exact) mass is 343 g/mol. The van der Waals surface area contributed by atoms with Crippen molar-refractivity contribution < 1.29 is 0 Å². The van der Waals surface area contributed by atoms with Gasteiger partial charge in [-0.05, 0) is 36.4 Å². The Bertz CT molecular complexity index is 895. The topological polar surface area (TPSA) is 25.9 Å². The molecule has 5 heteroatoms. The summed E-state index contributed by atoms with van der Waals surface area (Å²) >= 11 is 0. The van der Waals surface area contributed by atoms with E-state index in [0.29, 0.717) is 0 Å². The van der Waals surface area contributed by atoms with Crippen LogP contribution < -0.4 is 19.6 Å². The Morgan fingerprint density at radius 2 is 1.00 bits per heavy atom. The number of nitrogens with zero attached hydrogens (tertiary/aromatic N) is 5. The van der Waals surface area contributed by atoms with Crippen LogP contribution in [-0.4, -0.2) is 32.4 Å². The Morgan fingerprint density at radius 1 is 0.577 bits per heavy atom. The second kappa shape index (κ2) is 5.66. The van der Waals surface area contributed by atoms with E-state index >= 15 is 0 Å². The molecule has 0 saturated carbocycles. The van der Waals surface area contributed by atoms with Crippen LogP contribution in [0.3, 0.4) is 0 Å². The summed E-state index contributed by atoms with van der Waals surface area (Å²) in [6.07, 6.45) is 0. The lowest BCUT2D eigenvalue weighted by Gasteiger charge is -2.22. The van der Waals surface area contributed by atoms with E-state index in [0.717, 1.165) is 25.0 Å². The number of benzene rings is 2. The van der Waals surface area contributed by atoms with E-state index in [1.807, 2.05) is 0 Å². The van der Waals surface area contributed by atoms with Gasteiger partial charge in [0.25, 0.3) is 0 Å². The lowest BCUT2D eigenvalue weighted by molar-refractivity contribution is 0.910. The third kappa shape index (κ3) is 2.20. The summed E-state index contributed by atoms with van der Waals surface area (Å²) in [5.41, 5.74) is 4.90. The van der Waals surface area contributed by atoms with Crippen molar-refractivity contribution in [3.05, 3.63) is 66.7 Å². The highest BCUT2D eigenvalue weighted by molar-refractivity contribution is 5.83. The first-order chi connectivity index (χ1) is 12.7. The molecule has 3 aromatic rings. The summed E-state index contributed by atoms with van der Waals surface area (Å²) in [7, 11) is 4.24. The Kier molecular flexibility index (Phi) is 3.28. The summed E-state index contributed by atoms with van der Waals surface area (Å²) in [5.74, 6) is 1.96. The van der Waals surface area contributed by atoms with Crippen molar-refractivity contribution in [2.75, 3.05) is 47.0 Å². The minimum atomic E-state index is 0.812. The summed E-state index contributed by atoms with van der Waals surface area (Å²) < 4.78 is 0. The summed E-state index contributed by atoms with van der Waals surface area (Å²) in [5, 5.41) is 0. The molecule has 0 bridgehead atoms. The molecule has 0 fully saturated rings. The fourth-order valence-corrected chi connectivity index (χ4v) is 3.86. The zero-order chi connectivity index (χ0) is 17.7. The van der Waals surface area contributed by atoms with Crippen LogP contribution in [0.4, 0.5) is 34.4 Å². The van der Waals surface area contributed by atoms with Gasteiger partial charge in [0.05, 0.1) is 36.1 Å². The summed E-state index contributed by atoms with van der Waals surface area (Å²) in [6.45, 7) is 1.62. The summed E-state index contributed by atoms with van der Waals surface area (Å²) in [4.78, 5) is 14.0. The molecule has 5 rings (SSSR count). The molecular weight excluding hydrogens is 322 g/mol. The molecule has 0 spiro atoms. The van der Waals surface area contributed by atoms with Crippen LogP contribution in [0.2, 0.25) is 0 Å². The van der Waals surface area contributed by atoms with Crippen LogP contribution in [0, 0.1) is 0 Å². The Balaban J connectivity index is 1.54. The quantitative estimate of drug-likeness (QED) is 0.696. The molecule has 2 aliphatic heterocycles. The first kappa shape index (κ1) is 15.1. The fraction of sp³-hybridized carbons (Fsp3) is 0.190. The maximum atomic E-state index is 5.00. The second-order valence-electron chi connectivity index (χ2n) is 6.87. The molecule has 5 nitrogen and oxygen atoms in total. The predicted octanol–water partition coefficient (Wildman–Crippen LogP) is 4.17. The number of aromatic nitrogens is 1. The van der Waals surface area contributed by atoms with E-state index in [9.17, 15) is 0 Å². The largest absolute Gasteiger partial charge is 0.355 e. The van der Waals surface area contributed by atoms with Gasteiger partial charge in [-0.2, -0.15) is 0 Å². The highest BCUT2D eigenvalue weighted by Gasteiger charge is 2.27. The standard InChI is InChI=1S/C21H21N5/c1-23-14-25(18-10-5-3-8-16(18)23)20-12-7-13-21(22-20)26-15-24(2)17-9-4-6-11-19(17)26/h3-13H,14-15H2,1-2H3. The van der Waals surface area contributed by atoms with Gasteiger partial charge in [0.2, 0.25) is 0 Å². The van der Waals surface area contributed by atoms with Gasteiger partial charge in [-0.15, -0.1) is 0 Å². The first-order valence-corrected chi connectivity index (χ1v) is 8.85. The van der Waals surface area contributed by atoms with Crippen molar-refractivity contribution in [2.45, 2.75) is 0 Å². The van der Waals surface area contributed by atoms with Gasteiger partial charge in [0.15, 0.2) is 0 Å². The SMILES string of the molecule is CN1CN(c2cccc(N3CN(C)c4ccccc43)n2)c2ccccc21. The van der Waals surface area contributed by atoms with Crippen molar-refractivity contribution in [2.24, 2.45) is 0 Å². The molecule has 0 aliphatic carbocycles. The highest BCUT2D eigenvalue weighted by Crippen LogP contribution is 2.41. The van der Waals surface area contributed by atoms with Crippen molar-refractivity contribution >= 4 is 34.4 Å². The predicted molar refractivity (Wildman–Crippen MR) is 108 cm³/mol. The molecule has 2 aromatic carbocycles. The maximum Gasteiger partial charge on any atom is 0.136 e. The fourth-order valence-electron chi connectivity index (χ4n) is 3.86. The van der Waals surface area contributed by atoms with Gasteiger partial charge < -0.3 is 19.6 Å². The van der Waals surface area contributed by atoms with Crippen molar-refractivity contribution in [3.63, 3.8) is 0 Å². The average Bonchev–Trinajstić information content (AvgIpc) is 3.20. The molecular formula is C21H21N5. The molecule has 0 N–H and O–H groups in total. The number of pyridine rings is 1. The minimum absolute atomic E-state index is 0.812. The number of anilines is 6. The summed E-state index contributed by atoms with van der Waals surface area (Å²) in [6, 6.07) is 23.2. The molecule has 3 heterocycles. The van der Waals surface area contributed by atoms with E-state index < -0.39 is 0 Å². The van der Waals surface area contributed by atoms with E-state index in [4.69, 9.17) is 4.98 Å². The smallest absolute Gasteiger partial charge is 0.136 e. The Morgan fingerprint density at radius 3 is 1.46 bits per heavy atom. The molecule has 0 unspecified atom stereocenters. The lowest BCUT2D eigenvalue weighted by Crippen LogP contribution is -2.27.